The van der Waals surface area contributed by atoms with Crippen LogP contribution in [0.4, 0.5) is 0 Å². The first kappa shape index (κ1) is 16.3. The summed E-state index contributed by atoms with van der Waals surface area (Å²) in [6, 6.07) is 20.0. The molecule has 1 heterocycles. The number of hydrogen-bond acceptors (Lipinski definition) is 4. The maximum atomic E-state index is 12.2. The summed E-state index contributed by atoms with van der Waals surface area (Å²) in [5.41, 5.74) is 3.08. The number of benzene rings is 2. The molecule has 0 aromatic heterocycles. The minimum Gasteiger partial charge on any atom is -0.460 e. The summed E-state index contributed by atoms with van der Waals surface area (Å²) in [5, 5.41) is 1.84. The van der Waals surface area contributed by atoms with Crippen LogP contribution in [-0.2, 0) is 20.9 Å². The van der Waals surface area contributed by atoms with Gasteiger partial charge >= 0.3 is 5.97 Å². The number of carbonyl (C=O) groups is 1. The van der Waals surface area contributed by atoms with Gasteiger partial charge in [0, 0.05) is 5.57 Å². The summed E-state index contributed by atoms with van der Waals surface area (Å²) in [6.45, 7) is 4.63. The van der Waals surface area contributed by atoms with E-state index >= 15 is 0 Å². The average molecular weight is 323 g/mol. The van der Waals surface area contributed by atoms with Gasteiger partial charge in [-0.05, 0) is 25.0 Å². The largest absolute Gasteiger partial charge is 0.460 e. The molecular weight excluding hydrogens is 302 g/mol. The standard InChI is InChI=1S/C20H21NO3/c1-3-23-20(22)19-15(2)18(17-12-8-5-9-13-17)21(24-19)14-16-10-6-4-7-11-16/h4-13,18H,3,14H2,1-2H3. The molecule has 0 spiro atoms. The van der Waals surface area contributed by atoms with Gasteiger partial charge < -0.3 is 9.57 Å². The fourth-order valence-corrected chi connectivity index (χ4v) is 2.92. The molecule has 1 aliphatic heterocycles. The van der Waals surface area contributed by atoms with Crippen molar-refractivity contribution in [1.29, 1.82) is 0 Å². The highest BCUT2D eigenvalue weighted by Gasteiger charge is 2.37. The van der Waals surface area contributed by atoms with Crippen LogP contribution < -0.4 is 0 Å². The Morgan fingerprint density at radius 1 is 1.08 bits per heavy atom. The van der Waals surface area contributed by atoms with Gasteiger partial charge in [-0.3, -0.25) is 0 Å². The Morgan fingerprint density at radius 3 is 2.33 bits per heavy atom. The van der Waals surface area contributed by atoms with Crippen LogP contribution in [0.5, 0.6) is 0 Å². The topological polar surface area (TPSA) is 38.8 Å². The van der Waals surface area contributed by atoms with Gasteiger partial charge in [0.2, 0.25) is 5.76 Å². The van der Waals surface area contributed by atoms with Crippen molar-refractivity contribution < 1.29 is 14.4 Å². The van der Waals surface area contributed by atoms with Gasteiger partial charge in [-0.25, -0.2) is 4.79 Å². The second-order valence-electron chi connectivity index (χ2n) is 5.70. The van der Waals surface area contributed by atoms with Gasteiger partial charge in [0.15, 0.2) is 0 Å². The van der Waals surface area contributed by atoms with E-state index in [0.29, 0.717) is 18.9 Å². The number of rotatable bonds is 5. The first-order chi connectivity index (χ1) is 11.7. The Balaban J connectivity index is 1.92. The fraction of sp³-hybridized carbons (Fsp3) is 0.250. The number of carbonyl (C=O) groups excluding carboxylic acids is 1. The lowest BCUT2D eigenvalue weighted by Gasteiger charge is -2.24. The lowest BCUT2D eigenvalue weighted by atomic mass is 9.99. The van der Waals surface area contributed by atoms with E-state index in [-0.39, 0.29) is 6.04 Å². The van der Waals surface area contributed by atoms with Gasteiger partial charge in [-0.15, -0.1) is 5.06 Å². The number of nitrogens with zero attached hydrogens (tertiary/aromatic N) is 1. The van der Waals surface area contributed by atoms with Crippen molar-refractivity contribution in [3.8, 4) is 0 Å². The third-order valence-corrected chi connectivity index (χ3v) is 4.02. The molecule has 24 heavy (non-hydrogen) atoms. The molecule has 1 unspecified atom stereocenters. The summed E-state index contributed by atoms with van der Waals surface area (Å²) < 4.78 is 5.13. The molecule has 4 nitrogen and oxygen atoms in total. The summed E-state index contributed by atoms with van der Waals surface area (Å²) in [7, 11) is 0. The van der Waals surface area contributed by atoms with Gasteiger partial charge in [-0.1, -0.05) is 60.7 Å². The molecule has 0 amide bonds. The van der Waals surface area contributed by atoms with Crippen molar-refractivity contribution in [2.24, 2.45) is 0 Å². The summed E-state index contributed by atoms with van der Waals surface area (Å²) in [4.78, 5) is 18.1. The summed E-state index contributed by atoms with van der Waals surface area (Å²) in [5.74, 6) is -0.117. The van der Waals surface area contributed by atoms with Crippen LogP contribution in [0.1, 0.15) is 31.0 Å². The van der Waals surface area contributed by atoms with Gasteiger partial charge in [-0.2, -0.15) is 0 Å². The highest BCUT2D eigenvalue weighted by Crippen LogP contribution is 2.39. The first-order valence-electron chi connectivity index (χ1n) is 8.12. The molecule has 2 aromatic carbocycles. The van der Waals surface area contributed by atoms with E-state index in [1.54, 1.807) is 6.92 Å². The monoisotopic (exact) mass is 323 g/mol. The van der Waals surface area contributed by atoms with Crippen molar-refractivity contribution >= 4 is 5.97 Å². The van der Waals surface area contributed by atoms with Crippen LogP contribution in [0.2, 0.25) is 0 Å². The maximum Gasteiger partial charge on any atom is 0.376 e. The molecule has 1 aliphatic rings. The second-order valence-corrected chi connectivity index (χ2v) is 5.70. The van der Waals surface area contributed by atoms with Crippen LogP contribution in [0.25, 0.3) is 0 Å². The molecule has 0 aliphatic carbocycles. The molecule has 2 aromatic rings. The quantitative estimate of drug-likeness (QED) is 0.779. The van der Waals surface area contributed by atoms with E-state index < -0.39 is 5.97 Å². The van der Waals surface area contributed by atoms with Crippen molar-refractivity contribution in [3.63, 3.8) is 0 Å². The SMILES string of the molecule is CCOC(=O)C1=C(C)C(c2ccccc2)N(Cc2ccccc2)O1. The molecule has 1 atom stereocenters. The molecule has 0 radical (unpaired) electrons. The van der Waals surface area contributed by atoms with Crippen LogP contribution >= 0.6 is 0 Å². The smallest absolute Gasteiger partial charge is 0.376 e. The zero-order valence-electron chi connectivity index (χ0n) is 13.9. The predicted molar refractivity (Wildman–Crippen MR) is 91.6 cm³/mol. The third kappa shape index (κ3) is 3.34. The van der Waals surface area contributed by atoms with Gasteiger partial charge in [0.1, 0.15) is 0 Å². The number of esters is 1. The normalized spacial score (nSPS) is 17.7. The molecule has 0 N–H and O–H groups in total. The van der Waals surface area contributed by atoms with Crippen LogP contribution in [0.3, 0.4) is 0 Å². The molecule has 3 rings (SSSR count). The van der Waals surface area contributed by atoms with Crippen molar-refractivity contribution in [2.75, 3.05) is 6.61 Å². The maximum absolute atomic E-state index is 12.2. The molecule has 124 valence electrons. The van der Waals surface area contributed by atoms with Crippen molar-refractivity contribution in [3.05, 3.63) is 83.1 Å². The van der Waals surface area contributed by atoms with E-state index in [1.165, 1.54) is 0 Å². The lowest BCUT2D eigenvalue weighted by Crippen LogP contribution is -2.24. The van der Waals surface area contributed by atoms with Crippen LogP contribution in [0.15, 0.2) is 72.0 Å². The van der Waals surface area contributed by atoms with E-state index in [1.807, 2.05) is 72.7 Å². The van der Waals surface area contributed by atoms with E-state index in [2.05, 4.69) is 0 Å². The average Bonchev–Trinajstić information content (AvgIpc) is 2.93. The molecule has 0 saturated heterocycles. The second kappa shape index (κ2) is 7.32. The number of hydroxylamine groups is 2. The Labute approximate surface area is 142 Å². The zero-order valence-corrected chi connectivity index (χ0v) is 13.9. The Kier molecular flexibility index (Phi) is 4.96. The zero-order chi connectivity index (χ0) is 16.9. The van der Waals surface area contributed by atoms with Crippen molar-refractivity contribution in [1.82, 2.24) is 5.06 Å². The van der Waals surface area contributed by atoms with Crippen molar-refractivity contribution in [2.45, 2.75) is 26.4 Å². The minimum atomic E-state index is -0.411. The lowest BCUT2D eigenvalue weighted by molar-refractivity contribution is -0.162. The Hall–Kier alpha value is -2.59. The molecule has 0 saturated carbocycles. The predicted octanol–water partition coefficient (Wildman–Crippen LogP) is 4.01. The summed E-state index contributed by atoms with van der Waals surface area (Å²) >= 11 is 0. The van der Waals surface area contributed by atoms with Crippen LogP contribution in [-0.4, -0.2) is 17.6 Å². The highest BCUT2D eigenvalue weighted by atomic mass is 16.7. The highest BCUT2D eigenvalue weighted by molar-refractivity contribution is 5.87. The molecule has 0 fully saturated rings. The fourth-order valence-electron chi connectivity index (χ4n) is 2.92. The molecule has 4 heteroatoms. The molecular formula is C20H21NO3. The first-order valence-corrected chi connectivity index (χ1v) is 8.12. The number of ether oxygens (including phenoxy) is 1. The van der Waals surface area contributed by atoms with Crippen LogP contribution in [0, 0.1) is 0 Å². The van der Waals surface area contributed by atoms with Gasteiger partial charge in [0.25, 0.3) is 0 Å². The van der Waals surface area contributed by atoms with Gasteiger partial charge in [0.05, 0.1) is 19.2 Å². The Bertz CT molecular complexity index is 725. The third-order valence-electron chi connectivity index (χ3n) is 4.02. The Morgan fingerprint density at radius 2 is 1.71 bits per heavy atom. The minimum absolute atomic E-state index is 0.106. The van der Waals surface area contributed by atoms with E-state index in [4.69, 9.17) is 9.57 Å². The summed E-state index contributed by atoms with van der Waals surface area (Å²) in [6.07, 6.45) is 0. The molecule has 0 bridgehead atoms. The number of hydrogen-bond donors (Lipinski definition) is 0. The van der Waals surface area contributed by atoms with E-state index in [0.717, 1.165) is 16.7 Å². The van der Waals surface area contributed by atoms with E-state index in [9.17, 15) is 4.79 Å².